The molecule has 1 heterocycles. The SMILES string of the molecule is COCC(NCC1CCOCC1)C(C)C. The molecule has 1 rings (SSSR count). The highest BCUT2D eigenvalue weighted by molar-refractivity contribution is 4.73. The van der Waals surface area contributed by atoms with Gasteiger partial charge in [0, 0.05) is 26.4 Å². The lowest BCUT2D eigenvalue weighted by Gasteiger charge is -2.27. The van der Waals surface area contributed by atoms with E-state index in [4.69, 9.17) is 9.47 Å². The maximum atomic E-state index is 5.35. The lowest BCUT2D eigenvalue weighted by atomic mass is 9.98. The van der Waals surface area contributed by atoms with Gasteiger partial charge in [-0.3, -0.25) is 0 Å². The molecule has 1 fully saturated rings. The van der Waals surface area contributed by atoms with Crippen LogP contribution in [0.3, 0.4) is 0 Å². The first-order valence-corrected chi connectivity index (χ1v) is 6.04. The van der Waals surface area contributed by atoms with Gasteiger partial charge in [-0.2, -0.15) is 0 Å². The molecule has 0 aromatic carbocycles. The number of hydrogen-bond acceptors (Lipinski definition) is 3. The molecular formula is C12H25NO2. The molecule has 90 valence electrons. The molecule has 0 aliphatic carbocycles. The summed E-state index contributed by atoms with van der Waals surface area (Å²) in [6, 6.07) is 0.484. The van der Waals surface area contributed by atoms with E-state index < -0.39 is 0 Å². The van der Waals surface area contributed by atoms with E-state index in [9.17, 15) is 0 Å². The summed E-state index contributed by atoms with van der Waals surface area (Å²) in [4.78, 5) is 0. The molecule has 1 atom stereocenters. The van der Waals surface area contributed by atoms with Crippen molar-refractivity contribution in [1.29, 1.82) is 0 Å². The molecule has 1 saturated heterocycles. The van der Waals surface area contributed by atoms with Gasteiger partial charge in [0.05, 0.1) is 6.61 Å². The molecule has 3 heteroatoms. The molecule has 0 bridgehead atoms. The number of ether oxygens (including phenoxy) is 2. The Morgan fingerprint density at radius 1 is 1.33 bits per heavy atom. The Morgan fingerprint density at radius 3 is 2.53 bits per heavy atom. The van der Waals surface area contributed by atoms with Crippen LogP contribution in [0.25, 0.3) is 0 Å². The van der Waals surface area contributed by atoms with Gasteiger partial charge in [-0.05, 0) is 31.2 Å². The average molecular weight is 215 g/mol. The van der Waals surface area contributed by atoms with Crippen molar-refractivity contribution in [3.8, 4) is 0 Å². The Bertz CT molecular complexity index is 156. The summed E-state index contributed by atoms with van der Waals surface area (Å²) in [6.45, 7) is 8.25. The molecule has 1 aliphatic heterocycles. The lowest BCUT2D eigenvalue weighted by Crippen LogP contribution is -2.41. The van der Waals surface area contributed by atoms with E-state index in [0.717, 1.165) is 32.3 Å². The summed E-state index contributed by atoms with van der Waals surface area (Å²) in [6.07, 6.45) is 2.40. The molecule has 0 aromatic heterocycles. The second-order valence-corrected chi connectivity index (χ2v) is 4.77. The number of rotatable bonds is 6. The Kier molecular flexibility index (Phi) is 6.22. The van der Waals surface area contributed by atoms with E-state index >= 15 is 0 Å². The van der Waals surface area contributed by atoms with Crippen molar-refractivity contribution in [2.45, 2.75) is 32.7 Å². The van der Waals surface area contributed by atoms with E-state index in [1.54, 1.807) is 7.11 Å². The monoisotopic (exact) mass is 215 g/mol. The predicted molar refractivity (Wildman–Crippen MR) is 62.0 cm³/mol. The van der Waals surface area contributed by atoms with Crippen molar-refractivity contribution in [1.82, 2.24) is 5.32 Å². The zero-order chi connectivity index (χ0) is 11.1. The second-order valence-electron chi connectivity index (χ2n) is 4.77. The van der Waals surface area contributed by atoms with E-state index in [0.29, 0.717) is 12.0 Å². The smallest absolute Gasteiger partial charge is 0.0618 e. The number of hydrogen-bond donors (Lipinski definition) is 1. The summed E-state index contributed by atoms with van der Waals surface area (Å²) >= 11 is 0. The summed E-state index contributed by atoms with van der Waals surface area (Å²) < 4.78 is 10.6. The van der Waals surface area contributed by atoms with Gasteiger partial charge in [-0.15, -0.1) is 0 Å². The van der Waals surface area contributed by atoms with Crippen LogP contribution in [0.4, 0.5) is 0 Å². The molecule has 1 aliphatic rings. The van der Waals surface area contributed by atoms with Crippen molar-refractivity contribution < 1.29 is 9.47 Å². The third-order valence-corrected chi connectivity index (χ3v) is 3.16. The largest absolute Gasteiger partial charge is 0.383 e. The molecule has 0 aromatic rings. The van der Waals surface area contributed by atoms with Crippen LogP contribution >= 0.6 is 0 Å². The standard InChI is InChI=1S/C12H25NO2/c1-10(2)12(9-14-3)13-8-11-4-6-15-7-5-11/h10-13H,4-9H2,1-3H3. The fraction of sp³-hybridized carbons (Fsp3) is 1.00. The van der Waals surface area contributed by atoms with Crippen molar-refractivity contribution in [3.63, 3.8) is 0 Å². The summed E-state index contributed by atoms with van der Waals surface area (Å²) in [7, 11) is 1.77. The van der Waals surface area contributed by atoms with Gasteiger partial charge >= 0.3 is 0 Å². The van der Waals surface area contributed by atoms with Crippen LogP contribution in [-0.2, 0) is 9.47 Å². The zero-order valence-electron chi connectivity index (χ0n) is 10.3. The molecular weight excluding hydrogens is 190 g/mol. The van der Waals surface area contributed by atoms with Crippen LogP contribution in [-0.4, -0.2) is 39.5 Å². The average Bonchev–Trinajstić information content (AvgIpc) is 2.25. The van der Waals surface area contributed by atoms with Crippen molar-refractivity contribution in [2.75, 3.05) is 33.5 Å². The van der Waals surface area contributed by atoms with Crippen molar-refractivity contribution >= 4 is 0 Å². The lowest BCUT2D eigenvalue weighted by molar-refractivity contribution is 0.0625. The summed E-state index contributed by atoms with van der Waals surface area (Å²) in [5.41, 5.74) is 0. The molecule has 3 nitrogen and oxygen atoms in total. The third kappa shape index (κ3) is 4.96. The van der Waals surface area contributed by atoms with Gasteiger partial charge in [-0.1, -0.05) is 13.8 Å². The fourth-order valence-corrected chi connectivity index (χ4v) is 1.94. The van der Waals surface area contributed by atoms with E-state index in [1.807, 2.05) is 0 Å². The molecule has 0 amide bonds. The van der Waals surface area contributed by atoms with Crippen LogP contribution in [0, 0.1) is 11.8 Å². The van der Waals surface area contributed by atoms with Crippen LogP contribution in [0.1, 0.15) is 26.7 Å². The normalized spacial score (nSPS) is 20.8. The highest BCUT2D eigenvalue weighted by atomic mass is 16.5. The van der Waals surface area contributed by atoms with Crippen molar-refractivity contribution in [3.05, 3.63) is 0 Å². The van der Waals surface area contributed by atoms with Gasteiger partial charge in [0.1, 0.15) is 0 Å². The zero-order valence-corrected chi connectivity index (χ0v) is 10.3. The fourth-order valence-electron chi connectivity index (χ4n) is 1.94. The van der Waals surface area contributed by atoms with Gasteiger partial charge in [-0.25, -0.2) is 0 Å². The number of nitrogens with one attached hydrogen (secondary N) is 1. The summed E-state index contributed by atoms with van der Waals surface area (Å²) in [5.74, 6) is 1.42. The molecule has 0 spiro atoms. The van der Waals surface area contributed by atoms with Gasteiger partial charge < -0.3 is 14.8 Å². The Hall–Kier alpha value is -0.120. The predicted octanol–water partition coefficient (Wildman–Crippen LogP) is 1.67. The Balaban J connectivity index is 2.19. The quantitative estimate of drug-likeness (QED) is 0.731. The minimum atomic E-state index is 0.484. The van der Waals surface area contributed by atoms with Crippen molar-refractivity contribution in [2.24, 2.45) is 11.8 Å². The molecule has 15 heavy (non-hydrogen) atoms. The Morgan fingerprint density at radius 2 is 2.00 bits per heavy atom. The van der Waals surface area contributed by atoms with Gasteiger partial charge in [0.15, 0.2) is 0 Å². The van der Waals surface area contributed by atoms with Gasteiger partial charge in [0.2, 0.25) is 0 Å². The van der Waals surface area contributed by atoms with Crippen LogP contribution < -0.4 is 5.32 Å². The van der Waals surface area contributed by atoms with Crippen LogP contribution in [0.15, 0.2) is 0 Å². The third-order valence-electron chi connectivity index (χ3n) is 3.16. The topological polar surface area (TPSA) is 30.5 Å². The second kappa shape index (κ2) is 7.20. The van der Waals surface area contributed by atoms with Gasteiger partial charge in [0.25, 0.3) is 0 Å². The van der Waals surface area contributed by atoms with E-state index in [-0.39, 0.29) is 0 Å². The Labute approximate surface area is 93.5 Å². The molecule has 0 saturated carbocycles. The molecule has 1 N–H and O–H groups in total. The highest BCUT2D eigenvalue weighted by Gasteiger charge is 2.17. The van der Waals surface area contributed by atoms with Crippen LogP contribution in [0.2, 0.25) is 0 Å². The first-order chi connectivity index (χ1) is 7.24. The maximum absolute atomic E-state index is 5.35. The molecule has 0 radical (unpaired) electrons. The highest BCUT2D eigenvalue weighted by Crippen LogP contribution is 2.14. The van der Waals surface area contributed by atoms with E-state index in [1.165, 1.54) is 12.8 Å². The first-order valence-electron chi connectivity index (χ1n) is 6.04. The first kappa shape index (κ1) is 12.9. The minimum absolute atomic E-state index is 0.484. The summed E-state index contributed by atoms with van der Waals surface area (Å²) in [5, 5.41) is 3.61. The maximum Gasteiger partial charge on any atom is 0.0618 e. The molecule has 1 unspecified atom stereocenters. The van der Waals surface area contributed by atoms with E-state index in [2.05, 4.69) is 19.2 Å². The minimum Gasteiger partial charge on any atom is -0.383 e. The number of methoxy groups -OCH3 is 1. The van der Waals surface area contributed by atoms with Crippen LogP contribution in [0.5, 0.6) is 0 Å².